The monoisotopic (exact) mass is 397 g/mol. The molecule has 2 fully saturated rings. The van der Waals surface area contributed by atoms with Gasteiger partial charge in [-0.3, -0.25) is 14.5 Å². The number of nitrogens with zero attached hydrogens (tertiary/aromatic N) is 2. The summed E-state index contributed by atoms with van der Waals surface area (Å²) >= 11 is 0. The zero-order chi connectivity index (χ0) is 20.4. The number of aryl methyl sites for hydroxylation is 1. The largest absolute Gasteiger partial charge is 0.480 e. The maximum Gasteiger partial charge on any atom is 0.317 e. The second-order valence-corrected chi connectivity index (χ2v) is 8.11. The Balaban J connectivity index is 1.40. The van der Waals surface area contributed by atoms with Gasteiger partial charge in [-0.2, -0.15) is 0 Å². The van der Waals surface area contributed by atoms with Crippen LogP contribution in [0.15, 0.2) is 34.9 Å². The lowest BCUT2D eigenvalue weighted by atomic mass is 9.85. The van der Waals surface area contributed by atoms with Crippen molar-refractivity contribution in [1.82, 2.24) is 15.4 Å². The molecule has 1 aromatic carbocycles. The van der Waals surface area contributed by atoms with Gasteiger partial charge in [0.1, 0.15) is 17.0 Å². The minimum atomic E-state index is -0.789. The number of hydrogen-bond acceptors (Lipinski definition) is 5. The summed E-state index contributed by atoms with van der Waals surface area (Å²) < 4.78 is 5.42. The van der Waals surface area contributed by atoms with Crippen LogP contribution in [0.5, 0.6) is 0 Å². The third-order valence-corrected chi connectivity index (χ3v) is 5.85. The minimum absolute atomic E-state index is 0.0474. The fourth-order valence-electron chi connectivity index (χ4n) is 4.00. The number of carboxylic acids is 1. The average molecular weight is 397 g/mol. The van der Waals surface area contributed by atoms with Gasteiger partial charge >= 0.3 is 5.97 Å². The van der Waals surface area contributed by atoms with Gasteiger partial charge < -0.3 is 14.9 Å². The maximum absolute atomic E-state index is 13.0. The topological polar surface area (TPSA) is 95.7 Å². The number of rotatable bonds is 9. The smallest absolute Gasteiger partial charge is 0.317 e. The highest BCUT2D eigenvalue weighted by Gasteiger charge is 2.38. The van der Waals surface area contributed by atoms with Crippen LogP contribution in [-0.4, -0.2) is 52.2 Å². The van der Waals surface area contributed by atoms with E-state index in [4.69, 9.17) is 4.52 Å². The Bertz CT molecular complexity index is 869. The molecule has 154 valence electrons. The molecule has 0 saturated heterocycles. The molecular weight excluding hydrogens is 370 g/mol. The van der Waals surface area contributed by atoms with Gasteiger partial charge in [-0.25, -0.2) is 0 Å². The number of amides is 1. The fourth-order valence-corrected chi connectivity index (χ4v) is 4.00. The Morgan fingerprint density at radius 1 is 1.24 bits per heavy atom. The molecule has 2 saturated carbocycles. The summed E-state index contributed by atoms with van der Waals surface area (Å²) in [7, 11) is 0. The lowest BCUT2D eigenvalue weighted by Gasteiger charge is -2.42. The lowest BCUT2D eigenvalue weighted by molar-refractivity contribution is -0.139. The summed E-state index contributed by atoms with van der Waals surface area (Å²) in [6, 6.07) is 9.83. The van der Waals surface area contributed by atoms with Crippen LogP contribution in [0.1, 0.15) is 48.7 Å². The molecule has 0 atom stereocenters. The summed E-state index contributed by atoms with van der Waals surface area (Å²) in [4.78, 5) is 26.3. The Labute approximate surface area is 170 Å². The number of benzene rings is 1. The van der Waals surface area contributed by atoms with Crippen molar-refractivity contribution in [3.63, 3.8) is 0 Å². The molecule has 1 heterocycles. The first kappa shape index (κ1) is 19.6. The molecule has 7 heteroatoms. The van der Waals surface area contributed by atoms with Gasteiger partial charge in [-0.05, 0) is 31.6 Å². The van der Waals surface area contributed by atoms with Crippen molar-refractivity contribution >= 4 is 11.9 Å². The minimum Gasteiger partial charge on any atom is -0.480 e. The van der Waals surface area contributed by atoms with Crippen LogP contribution in [0.3, 0.4) is 0 Å². The SMILES string of the molecule is CCc1onc(-c2ccccc2)c1C(=O)NC1CC(N(CC(=O)O)CC2CC2)C1. The van der Waals surface area contributed by atoms with E-state index in [9.17, 15) is 14.7 Å². The Hall–Kier alpha value is -2.67. The van der Waals surface area contributed by atoms with Crippen molar-refractivity contribution in [2.24, 2.45) is 5.92 Å². The van der Waals surface area contributed by atoms with E-state index in [0.29, 0.717) is 29.4 Å². The van der Waals surface area contributed by atoms with E-state index in [1.54, 1.807) is 0 Å². The molecule has 7 nitrogen and oxygen atoms in total. The van der Waals surface area contributed by atoms with Crippen LogP contribution in [0.4, 0.5) is 0 Å². The van der Waals surface area contributed by atoms with Crippen LogP contribution < -0.4 is 5.32 Å². The molecule has 0 bridgehead atoms. The molecule has 2 N–H and O–H groups in total. The third kappa shape index (κ3) is 4.50. The van der Waals surface area contributed by atoms with E-state index in [1.807, 2.05) is 37.3 Å². The number of aromatic nitrogens is 1. The van der Waals surface area contributed by atoms with Crippen LogP contribution in [0.2, 0.25) is 0 Å². The van der Waals surface area contributed by atoms with Crippen molar-refractivity contribution in [3.8, 4) is 11.3 Å². The highest BCUT2D eigenvalue weighted by Crippen LogP contribution is 2.34. The summed E-state index contributed by atoms with van der Waals surface area (Å²) in [5.74, 6) is 0.263. The molecule has 1 aromatic heterocycles. The molecule has 0 unspecified atom stereocenters. The van der Waals surface area contributed by atoms with Crippen molar-refractivity contribution in [1.29, 1.82) is 0 Å². The van der Waals surface area contributed by atoms with Gasteiger partial charge in [0.2, 0.25) is 0 Å². The van der Waals surface area contributed by atoms with E-state index < -0.39 is 5.97 Å². The van der Waals surface area contributed by atoms with E-state index in [0.717, 1.165) is 24.9 Å². The first-order valence-electron chi connectivity index (χ1n) is 10.4. The molecular formula is C22H27N3O4. The molecule has 0 aliphatic heterocycles. The molecule has 29 heavy (non-hydrogen) atoms. The normalized spacial score (nSPS) is 21.0. The molecule has 2 aliphatic carbocycles. The summed E-state index contributed by atoms with van der Waals surface area (Å²) in [6.45, 7) is 2.86. The van der Waals surface area contributed by atoms with E-state index in [-0.39, 0.29) is 24.5 Å². The standard InChI is InChI=1S/C22H27N3O4/c1-2-18-20(21(24-29-18)15-6-4-3-5-7-15)22(28)23-16-10-17(11-16)25(13-19(26)27)12-14-8-9-14/h3-7,14,16-17H,2,8-13H2,1H3,(H,23,28)(H,26,27). The number of carbonyl (C=O) groups excluding carboxylic acids is 1. The maximum atomic E-state index is 13.0. The second kappa shape index (κ2) is 8.37. The second-order valence-electron chi connectivity index (χ2n) is 8.11. The predicted octanol–water partition coefficient (Wildman–Crippen LogP) is 2.96. The van der Waals surface area contributed by atoms with E-state index in [2.05, 4.69) is 15.4 Å². The molecule has 1 amide bonds. The van der Waals surface area contributed by atoms with Gasteiger partial charge in [-0.15, -0.1) is 0 Å². The van der Waals surface area contributed by atoms with Gasteiger partial charge in [0, 0.05) is 30.6 Å². The number of carbonyl (C=O) groups is 2. The van der Waals surface area contributed by atoms with Gasteiger partial charge in [0.25, 0.3) is 5.91 Å². The Kier molecular flexibility index (Phi) is 5.67. The number of carboxylic acid groups (broad SMARTS) is 1. The third-order valence-electron chi connectivity index (χ3n) is 5.85. The molecule has 2 aliphatic rings. The zero-order valence-corrected chi connectivity index (χ0v) is 16.6. The van der Waals surface area contributed by atoms with Crippen molar-refractivity contribution in [2.75, 3.05) is 13.1 Å². The van der Waals surface area contributed by atoms with E-state index >= 15 is 0 Å². The molecule has 0 spiro atoms. The highest BCUT2D eigenvalue weighted by atomic mass is 16.5. The first-order chi connectivity index (χ1) is 14.0. The summed E-state index contributed by atoms with van der Waals surface area (Å²) in [5, 5.41) is 16.4. The summed E-state index contributed by atoms with van der Waals surface area (Å²) in [6.07, 6.45) is 4.53. The van der Waals surface area contributed by atoms with Crippen LogP contribution >= 0.6 is 0 Å². The Morgan fingerprint density at radius 2 is 1.97 bits per heavy atom. The Morgan fingerprint density at radius 3 is 2.59 bits per heavy atom. The predicted molar refractivity (Wildman–Crippen MR) is 108 cm³/mol. The molecule has 2 aromatic rings. The fraction of sp³-hybridized carbons (Fsp3) is 0.500. The zero-order valence-electron chi connectivity index (χ0n) is 16.6. The quantitative estimate of drug-likeness (QED) is 0.675. The molecule has 0 radical (unpaired) electrons. The van der Waals surface area contributed by atoms with Crippen LogP contribution in [0.25, 0.3) is 11.3 Å². The van der Waals surface area contributed by atoms with Crippen molar-refractivity contribution < 1.29 is 19.2 Å². The average Bonchev–Trinajstić information content (AvgIpc) is 3.38. The van der Waals surface area contributed by atoms with Gasteiger partial charge in [0.05, 0.1) is 6.54 Å². The number of nitrogens with one attached hydrogen (secondary N) is 1. The van der Waals surface area contributed by atoms with Gasteiger partial charge in [-0.1, -0.05) is 42.4 Å². The highest BCUT2D eigenvalue weighted by molar-refractivity contribution is 6.01. The first-order valence-corrected chi connectivity index (χ1v) is 10.4. The van der Waals surface area contributed by atoms with E-state index in [1.165, 1.54) is 12.8 Å². The van der Waals surface area contributed by atoms with Crippen LogP contribution in [0, 0.1) is 5.92 Å². The number of hydrogen-bond donors (Lipinski definition) is 2. The molecule has 4 rings (SSSR count). The number of aliphatic carboxylic acids is 1. The van der Waals surface area contributed by atoms with Crippen LogP contribution in [-0.2, 0) is 11.2 Å². The van der Waals surface area contributed by atoms with Gasteiger partial charge in [0.15, 0.2) is 0 Å². The van der Waals surface area contributed by atoms with Crippen molar-refractivity contribution in [2.45, 2.75) is 51.1 Å². The summed E-state index contributed by atoms with van der Waals surface area (Å²) in [5.41, 5.74) is 1.92. The van der Waals surface area contributed by atoms with Crippen molar-refractivity contribution in [3.05, 3.63) is 41.7 Å². The lowest BCUT2D eigenvalue weighted by Crippen LogP contribution is -2.55.